The molecule has 0 bridgehead atoms. The Morgan fingerprint density at radius 1 is 1.42 bits per heavy atom. The van der Waals surface area contributed by atoms with Crippen LogP contribution in [0.3, 0.4) is 0 Å². The summed E-state index contributed by atoms with van der Waals surface area (Å²) in [7, 11) is 0. The van der Waals surface area contributed by atoms with Crippen molar-refractivity contribution in [2.24, 2.45) is 0 Å². The lowest BCUT2D eigenvalue weighted by atomic mass is 10.1. The van der Waals surface area contributed by atoms with Crippen LogP contribution in [0.1, 0.15) is 39.2 Å². The second-order valence-electron chi connectivity index (χ2n) is 4.67. The number of nitrogens with two attached hydrogens (primary N) is 1. The maximum absolute atomic E-state index is 5.93. The predicted octanol–water partition coefficient (Wildman–Crippen LogP) is 3.33. The van der Waals surface area contributed by atoms with Gasteiger partial charge in [0.25, 0.3) is 0 Å². The lowest BCUT2D eigenvalue weighted by Gasteiger charge is -2.13. The van der Waals surface area contributed by atoms with Gasteiger partial charge in [-0.15, -0.1) is 5.10 Å². The number of nitrogen functional groups attached to an aromatic ring is 1. The fourth-order valence-electron chi connectivity index (χ4n) is 1.99. The largest absolute Gasteiger partial charge is 0.398 e. The molecule has 102 valence electrons. The summed E-state index contributed by atoms with van der Waals surface area (Å²) in [4.78, 5) is 0. The first-order valence-corrected chi connectivity index (χ1v) is 6.84. The van der Waals surface area contributed by atoms with Gasteiger partial charge in [0, 0.05) is 5.56 Å². The van der Waals surface area contributed by atoms with Crippen molar-refractivity contribution in [1.82, 2.24) is 20.2 Å². The van der Waals surface area contributed by atoms with Gasteiger partial charge in [-0.25, -0.2) is 4.68 Å². The summed E-state index contributed by atoms with van der Waals surface area (Å²) in [6, 6.07) is 5.72. The van der Waals surface area contributed by atoms with E-state index in [4.69, 9.17) is 17.3 Å². The van der Waals surface area contributed by atoms with Crippen LogP contribution in [0.5, 0.6) is 0 Å². The molecule has 0 aliphatic rings. The fourth-order valence-corrected chi connectivity index (χ4v) is 2.10. The van der Waals surface area contributed by atoms with Crippen molar-refractivity contribution in [1.29, 1.82) is 0 Å². The van der Waals surface area contributed by atoms with Crippen LogP contribution in [0.4, 0.5) is 5.69 Å². The molecule has 1 atom stereocenters. The molecule has 2 rings (SSSR count). The topological polar surface area (TPSA) is 69.6 Å². The normalized spacial score (nSPS) is 12.6. The number of tetrazole rings is 1. The summed E-state index contributed by atoms with van der Waals surface area (Å²) >= 11 is 5.93. The molecule has 1 aromatic heterocycles. The van der Waals surface area contributed by atoms with E-state index in [0.29, 0.717) is 10.7 Å². The molecule has 1 unspecified atom stereocenters. The molecule has 0 aliphatic heterocycles. The molecule has 1 heterocycles. The van der Waals surface area contributed by atoms with E-state index >= 15 is 0 Å². The summed E-state index contributed by atoms with van der Waals surface area (Å²) < 4.78 is 1.85. The lowest BCUT2D eigenvalue weighted by Crippen LogP contribution is -2.09. The summed E-state index contributed by atoms with van der Waals surface area (Å²) in [5.74, 6) is 0.729. The van der Waals surface area contributed by atoms with Crippen LogP contribution in [0.25, 0.3) is 11.4 Å². The molecule has 0 radical (unpaired) electrons. The Hall–Kier alpha value is -1.62. The molecule has 0 amide bonds. The van der Waals surface area contributed by atoms with Crippen molar-refractivity contribution in [3.05, 3.63) is 23.2 Å². The van der Waals surface area contributed by atoms with Crippen LogP contribution in [-0.4, -0.2) is 20.2 Å². The monoisotopic (exact) mass is 279 g/mol. The van der Waals surface area contributed by atoms with E-state index in [1.165, 1.54) is 0 Å². The minimum Gasteiger partial charge on any atom is -0.398 e. The summed E-state index contributed by atoms with van der Waals surface area (Å²) in [5, 5.41) is 12.5. The van der Waals surface area contributed by atoms with E-state index in [-0.39, 0.29) is 6.04 Å². The van der Waals surface area contributed by atoms with Gasteiger partial charge in [0.2, 0.25) is 0 Å². The van der Waals surface area contributed by atoms with Gasteiger partial charge in [-0.1, -0.05) is 31.4 Å². The maximum Gasteiger partial charge on any atom is 0.182 e. The first kappa shape index (κ1) is 13.8. The van der Waals surface area contributed by atoms with Gasteiger partial charge in [-0.3, -0.25) is 0 Å². The number of hydrogen-bond donors (Lipinski definition) is 1. The minimum absolute atomic E-state index is 0.266. The number of anilines is 1. The van der Waals surface area contributed by atoms with Crippen LogP contribution in [0.2, 0.25) is 5.02 Å². The molecule has 2 N–H and O–H groups in total. The molecular formula is C13H18ClN5. The highest BCUT2D eigenvalue weighted by Gasteiger charge is 2.14. The van der Waals surface area contributed by atoms with Crippen molar-refractivity contribution >= 4 is 17.3 Å². The van der Waals surface area contributed by atoms with E-state index in [1.807, 2.05) is 10.7 Å². The molecular weight excluding hydrogens is 262 g/mol. The Bertz CT molecular complexity index is 552. The first-order valence-electron chi connectivity index (χ1n) is 6.46. The Morgan fingerprint density at radius 3 is 2.89 bits per heavy atom. The van der Waals surface area contributed by atoms with Gasteiger partial charge >= 0.3 is 0 Å². The standard InChI is InChI=1S/C13H18ClN5/c1-3-4-5-9(2)19-13(16-17-18-19)10-6-7-11(14)12(15)8-10/h6-9H,3-5,15H2,1-2H3. The van der Waals surface area contributed by atoms with Crippen molar-refractivity contribution in [2.75, 3.05) is 5.73 Å². The summed E-state index contributed by atoms with van der Waals surface area (Å²) in [6.07, 6.45) is 3.37. The molecule has 0 saturated carbocycles. The number of halogens is 1. The zero-order chi connectivity index (χ0) is 13.8. The highest BCUT2D eigenvalue weighted by atomic mass is 35.5. The summed E-state index contributed by atoms with van der Waals surface area (Å²) in [6.45, 7) is 4.29. The van der Waals surface area contributed by atoms with E-state index in [9.17, 15) is 0 Å². The van der Waals surface area contributed by atoms with Crippen LogP contribution in [0.15, 0.2) is 18.2 Å². The van der Waals surface area contributed by atoms with Gasteiger partial charge in [0.15, 0.2) is 5.82 Å². The van der Waals surface area contributed by atoms with Gasteiger partial charge in [0.1, 0.15) is 0 Å². The smallest absolute Gasteiger partial charge is 0.182 e. The number of rotatable bonds is 5. The maximum atomic E-state index is 5.93. The van der Waals surface area contributed by atoms with Crippen LogP contribution in [-0.2, 0) is 0 Å². The number of unbranched alkanes of at least 4 members (excludes halogenated alkanes) is 1. The molecule has 0 aliphatic carbocycles. The van der Waals surface area contributed by atoms with Crippen LogP contribution in [0, 0.1) is 0 Å². The third kappa shape index (κ3) is 3.04. The highest BCUT2D eigenvalue weighted by Crippen LogP contribution is 2.27. The van der Waals surface area contributed by atoms with Crippen molar-refractivity contribution in [2.45, 2.75) is 39.2 Å². The second kappa shape index (κ2) is 6.02. The molecule has 5 nitrogen and oxygen atoms in total. The van der Waals surface area contributed by atoms with Gasteiger partial charge in [-0.2, -0.15) is 0 Å². The number of nitrogens with zero attached hydrogens (tertiary/aromatic N) is 4. The highest BCUT2D eigenvalue weighted by molar-refractivity contribution is 6.33. The number of hydrogen-bond acceptors (Lipinski definition) is 4. The lowest BCUT2D eigenvalue weighted by molar-refractivity contribution is 0.437. The molecule has 0 fully saturated rings. The van der Waals surface area contributed by atoms with Gasteiger partial charge < -0.3 is 5.73 Å². The Balaban J connectivity index is 2.30. The second-order valence-corrected chi connectivity index (χ2v) is 5.08. The zero-order valence-corrected chi connectivity index (χ0v) is 11.9. The zero-order valence-electron chi connectivity index (χ0n) is 11.2. The predicted molar refractivity (Wildman–Crippen MR) is 76.9 cm³/mol. The molecule has 19 heavy (non-hydrogen) atoms. The average molecular weight is 280 g/mol. The van der Waals surface area contributed by atoms with Crippen molar-refractivity contribution in [3.63, 3.8) is 0 Å². The van der Waals surface area contributed by atoms with Crippen molar-refractivity contribution in [3.8, 4) is 11.4 Å². The molecule has 6 heteroatoms. The van der Waals surface area contributed by atoms with Gasteiger partial charge in [0.05, 0.1) is 16.8 Å². The van der Waals surface area contributed by atoms with Crippen molar-refractivity contribution < 1.29 is 0 Å². The van der Waals surface area contributed by atoms with E-state index in [0.717, 1.165) is 30.7 Å². The Labute approximate surface area is 117 Å². The third-order valence-electron chi connectivity index (χ3n) is 3.14. The third-order valence-corrected chi connectivity index (χ3v) is 3.48. The molecule has 0 spiro atoms. The van der Waals surface area contributed by atoms with E-state index in [2.05, 4.69) is 29.4 Å². The van der Waals surface area contributed by atoms with E-state index < -0.39 is 0 Å². The van der Waals surface area contributed by atoms with E-state index in [1.54, 1.807) is 12.1 Å². The first-order chi connectivity index (χ1) is 9.13. The SMILES string of the molecule is CCCCC(C)n1nnnc1-c1ccc(Cl)c(N)c1. The fraction of sp³-hybridized carbons (Fsp3) is 0.462. The Kier molecular flexibility index (Phi) is 4.37. The van der Waals surface area contributed by atoms with Crippen LogP contribution < -0.4 is 5.73 Å². The van der Waals surface area contributed by atoms with Gasteiger partial charge in [-0.05, 0) is 42.0 Å². The number of aromatic nitrogens is 4. The quantitative estimate of drug-likeness (QED) is 0.852. The molecule has 2 aromatic rings. The molecule has 0 saturated heterocycles. The average Bonchev–Trinajstić information content (AvgIpc) is 2.88. The number of benzene rings is 1. The minimum atomic E-state index is 0.266. The Morgan fingerprint density at radius 2 is 2.21 bits per heavy atom. The summed E-state index contributed by atoms with van der Waals surface area (Å²) in [5.41, 5.74) is 7.24. The van der Waals surface area contributed by atoms with Crippen LogP contribution >= 0.6 is 11.6 Å². The molecule has 1 aromatic carbocycles.